The third-order valence-electron chi connectivity index (χ3n) is 5.02. The van der Waals surface area contributed by atoms with Gasteiger partial charge < -0.3 is 14.2 Å². The van der Waals surface area contributed by atoms with Crippen molar-refractivity contribution in [3.05, 3.63) is 71.8 Å². The molecule has 0 aliphatic heterocycles. The lowest BCUT2D eigenvalue weighted by Gasteiger charge is -2.12. The van der Waals surface area contributed by atoms with E-state index in [2.05, 4.69) is 19.8 Å². The van der Waals surface area contributed by atoms with Crippen LogP contribution in [0.25, 0.3) is 5.82 Å². The molecule has 4 rings (SSSR count). The number of hydrogen-bond donors (Lipinski definition) is 1. The zero-order valence-corrected chi connectivity index (χ0v) is 20.8. The molecule has 0 bridgehead atoms. The molecular formula is C24H25N5O5S. The van der Waals surface area contributed by atoms with Crippen LogP contribution in [-0.4, -0.2) is 42.4 Å². The molecule has 2 heterocycles. The number of ether oxygens (including phenoxy) is 3. The van der Waals surface area contributed by atoms with E-state index in [-0.39, 0.29) is 4.90 Å². The second-order valence-corrected chi connectivity index (χ2v) is 9.38. The van der Waals surface area contributed by atoms with Crippen molar-refractivity contribution >= 4 is 15.7 Å². The first-order chi connectivity index (χ1) is 16.7. The fraction of sp³-hybridized carbons (Fsp3) is 0.208. The Kier molecular flexibility index (Phi) is 6.61. The zero-order valence-electron chi connectivity index (χ0n) is 19.9. The van der Waals surface area contributed by atoms with Crippen molar-refractivity contribution in [1.82, 2.24) is 19.7 Å². The maximum atomic E-state index is 12.8. The highest BCUT2D eigenvalue weighted by Gasteiger charge is 2.17. The summed E-state index contributed by atoms with van der Waals surface area (Å²) in [6.07, 6.45) is 0. The van der Waals surface area contributed by atoms with Crippen LogP contribution in [0.3, 0.4) is 0 Å². The fourth-order valence-corrected chi connectivity index (χ4v) is 4.53. The van der Waals surface area contributed by atoms with Crippen molar-refractivity contribution in [2.45, 2.75) is 25.7 Å². The van der Waals surface area contributed by atoms with E-state index in [1.54, 1.807) is 41.9 Å². The molecule has 0 spiro atoms. The van der Waals surface area contributed by atoms with Crippen molar-refractivity contribution in [1.29, 1.82) is 0 Å². The van der Waals surface area contributed by atoms with Gasteiger partial charge in [-0.2, -0.15) is 10.1 Å². The van der Waals surface area contributed by atoms with Crippen LogP contribution in [0.15, 0.2) is 59.5 Å². The van der Waals surface area contributed by atoms with E-state index in [0.717, 1.165) is 11.4 Å². The Labute approximate surface area is 203 Å². The number of nitrogens with one attached hydrogen (secondary N) is 1. The Hall–Kier alpha value is -4.12. The van der Waals surface area contributed by atoms with E-state index >= 15 is 0 Å². The summed E-state index contributed by atoms with van der Waals surface area (Å²) in [5.41, 5.74) is 2.19. The van der Waals surface area contributed by atoms with Crippen molar-refractivity contribution < 1.29 is 22.6 Å². The van der Waals surface area contributed by atoms with Gasteiger partial charge in [0.1, 0.15) is 11.6 Å². The number of aromatic nitrogens is 4. The minimum Gasteiger partial charge on any atom is -0.493 e. The highest BCUT2D eigenvalue weighted by molar-refractivity contribution is 7.92. The second-order valence-electron chi connectivity index (χ2n) is 7.70. The van der Waals surface area contributed by atoms with Gasteiger partial charge in [-0.3, -0.25) is 4.72 Å². The molecular weight excluding hydrogens is 470 g/mol. The van der Waals surface area contributed by atoms with E-state index < -0.39 is 10.0 Å². The van der Waals surface area contributed by atoms with Crippen LogP contribution in [0.5, 0.6) is 23.1 Å². The van der Waals surface area contributed by atoms with E-state index in [0.29, 0.717) is 40.5 Å². The van der Waals surface area contributed by atoms with E-state index in [4.69, 9.17) is 14.2 Å². The molecule has 35 heavy (non-hydrogen) atoms. The number of benzene rings is 2. The zero-order chi connectivity index (χ0) is 25.2. The van der Waals surface area contributed by atoms with Gasteiger partial charge in [-0.05, 0) is 63.2 Å². The van der Waals surface area contributed by atoms with E-state index in [9.17, 15) is 8.42 Å². The molecule has 0 radical (unpaired) electrons. The first kappa shape index (κ1) is 24.0. The molecule has 0 aliphatic rings. The highest BCUT2D eigenvalue weighted by atomic mass is 32.2. The van der Waals surface area contributed by atoms with Gasteiger partial charge in [0.05, 0.1) is 24.8 Å². The predicted molar refractivity (Wildman–Crippen MR) is 130 cm³/mol. The molecule has 0 aliphatic carbocycles. The lowest BCUT2D eigenvalue weighted by molar-refractivity contribution is 0.354. The van der Waals surface area contributed by atoms with Crippen molar-refractivity contribution in [2.75, 3.05) is 18.9 Å². The smallest absolute Gasteiger partial charge is 0.262 e. The van der Waals surface area contributed by atoms with Gasteiger partial charge >= 0.3 is 0 Å². The van der Waals surface area contributed by atoms with E-state index in [1.807, 2.05) is 19.9 Å². The minimum atomic E-state index is -3.84. The highest BCUT2D eigenvalue weighted by Crippen LogP contribution is 2.30. The van der Waals surface area contributed by atoms with Crippen LogP contribution in [0.4, 0.5) is 5.69 Å². The number of anilines is 1. The van der Waals surface area contributed by atoms with Crippen LogP contribution >= 0.6 is 0 Å². The Bertz CT molecular complexity index is 1470. The summed E-state index contributed by atoms with van der Waals surface area (Å²) >= 11 is 0. The third-order valence-corrected chi connectivity index (χ3v) is 6.40. The van der Waals surface area contributed by atoms with Crippen LogP contribution in [0.1, 0.15) is 17.2 Å². The van der Waals surface area contributed by atoms with Gasteiger partial charge in [0, 0.05) is 23.5 Å². The van der Waals surface area contributed by atoms with Crippen molar-refractivity contribution in [3.63, 3.8) is 0 Å². The molecule has 1 N–H and O–H groups in total. The predicted octanol–water partition coefficient (Wildman–Crippen LogP) is 4.20. The average Bonchev–Trinajstić information content (AvgIpc) is 3.17. The lowest BCUT2D eigenvalue weighted by atomic mass is 10.3. The molecule has 11 heteroatoms. The Morgan fingerprint density at radius 1 is 0.857 bits per heavy atom. The quantitative estimate of drug-likeness (QED) is 0.387. The van der Waals surface area contributed by atoms with Crippen LogP contribution in [0, 0.1) is 20.8 Å². The molecule has 0 amide bonds. The first-order valence-electron chi connectivity index (χ1n) is 10.6. The van der Waals surface area contributed by atoms with Gasteiger partial charge in [-0.25, -0.2) is 18.1 Å². The normalized spacial score (nSPS) is 11.2. The second kappa shape index (κ2) is 9.63. The minimum absolute atomic E-state index is 0.0450. The van der Waals surface area contributed by atoms with Crippen LogP contribution < -0.4 is 18.9 Å². The summed E-state index contributed by atoms with van der Waals surface area (Å²) in [6.45, 7) is 5.63. The van der Waals surface area contributed by atoms with Crippen molar-refractivity contribution in [3.8, 4) is 28.9 Å². The van der Waals surface area contributed by atoms with Gasteiger partial charge in [0.25, 0.3) is 10.0 Å². The van der Waals surface area contributed by atoms with Gasteiger partial charge in [0.2, 0.25) is 5.88 Å². The number of nitrogens with zero attached hydrogens (tertiary/aromatic N) is 4. The largest absolute Gasteiger partial charge is 0.493 e. The average molecular weight is 496 g/mol. The number of methoxy groups -OCH3 is 2. The Balaban J connectivity index is 1.51. The van der Waals surface area contributed by atoms with Gasteiger partial charge in [-0.1, -0.05) is 0 Å². The topological polar surface area (TPSA) is 117 Å². The SMILES string of the molecule is COc1ccc(S(=O)(=O)Nc2ccc(Oc3cc(-n4nc(C)cc4C)nc(C)n3)cc2)cc1OC. The molecule has 4 aromatic rings. The summed E-state index contributed by atoms with van der Waals surface area (Å²) < 4.78 is 46.2. The first-order valence-corrected chi connectivity index (χ1v) is 12.1. The summed E-state index contributed by atoms with van der Waals surface area (Å²) in [4.78, 5) is 8.82. The molecule has 2 aromatic heterocycles. The van der Waals surface area contributed by atoms with E-state index in [1.165, 1.54) is 32.4 Å². The van der Waals surface area contributed by atoms with Gasteiger partial charge in [-0.15, -0.1) is 0 Å². The molecule has 2 aromatic carbocycles. The van der Waals surface area contributed by atoms with Gasteiger partial charge in [0.15, 0.2) is 17.3 Å². The number of rotatable bonds is 8. The van der Waals surface area contributed by atoms with Crippen LogP contribution in [0.2, 0.25) is 0 Å². The molecule has 0 saturated heterocycles. The summed E-state index contributed by atoms with van der Waals surface area (Å²) in [6, 6.07) is 14.5. The maximum absolute atomic E-state index is 12.8. The number of aryl methyl sites for hydroxylation is 3. The molecule has 0 fully saturated rings. The van der Waals surface area contributed by atoms with Crippen LogP contribution in [-0.2, 0) is 10.0 Å². The molecule has 182 valence electrons. The molecule has 0 unspecified atom stereocenters. The Morgan fingerprint density at radius 3 is 2.20 bits per heavy atom. The maximum Gasteiger partial charge on any atom is 0.262 e. The number of sulfonamides is 1. The molecule has 10 nitrogen and oxygen atoms in total. The monoisotopic (exact) mass is 495 g/mol. The third kappa shape index (κ3) is 5.35. The number of hydrogen-bond acceptors (Lipinski definition) is 8. The Morgan fingerprint density at radius 2 is 1.57 bits per heavy atom. The van der Waals surface area contributed by atoms with Crippen molar-refractivity contribution in [2.24, 2.45) is 0 Å². The summed E-state index contributed by atoms with van der Waals surface area (Å²) in [7, 11) is -0.916. The molecule has 0 atom stereocenters. The molecule has 0 saturated carbocycles. The fourth-order valence-electron chi connectivity index (χ4n) is 3.46. The standard InChI is InChI=1S/C24H25N5O5S/c1-15-12-16(2)29(27-15)23-14-24(26-17(3)25-23)34-19-8-6-18(7-9-19)28-35(30,31)20-10-11-21(32-4)22(13-20)33-5/h6-14,28H,1-5H3. The summed E-state index contributed by atoms with van der Waals surface area (Å²) in [5, 5.41) is 4.45. The lowest BCUT2D eigenvalue weighted by Crippen LogP contribution is -2.13. The summed E-state index contributed by atoms with van der Waals surface area (Å²) in [5.74, 6) is 2.71.